The number of aryl methyl sites for hydroxylation is 1. The molecule has 0 radical (unpaired) electrons. The highest BCUT2D eigenvalue weighted by Gasteiger charge is 2.04. The topological polar surface area (TPSA) is 75.9 Å². The number of hydrazine groups is 1. The van der Waals surface area contributed by atoms with E-state index >= 15 is 0 Å². The molecule has 2 aromatic rings. The van der Waals surface area contributed by atoms with Gasteiger partial charge < -0.3 is 10.7 Å². The summed E-state index contributed by atoms with van der Waals surface area (Å²) in [5, 5.41) is 3.95. The predicted octanol–water partition coefficient (Wildman–Crippen LogP) is 3.57. The van der Waals surface area contributed by atoms with Crippen LogP contribution in [0.3, 0.4) is 0 Å². The molecule has 0 aliphatic heterocycles. The fourth-order valence-electron chi connectivity index (χ4n) is 1.94. The fourth-order valence-corrected chi connectivity index (χ4v) is 2.32. The number of nitrogens with two attached hydrogens (primary N) is 1. The molecule has 6 heteroatoms. The van der Waals surface area contributed by atoms with Crippen molar-refractivity contribution in [1.82, 2.24) is 9.97 Å². The Morgan fingerprint density at radius 1 is 1.14 bits per heavy atom. The normalized spacial score (nSPS) is 10.4. The molecule has 1 aromatic carbocycles. The number of nitrogen functional groups attached to an aromatic ring is 1. The quantitative estimate of drug-likeness (QED) is 0.314. The summed E-state index contributed by atoms with van der Waals surface area (Å²) < 4.78 is 0. The number of benzene rings is 1. The Labute approximate surface area is 129 Å². The summed E-state index contributed by atoms with van der Waals surface area (Å²) >= 11 is 1.48. The molecule has 0 spiro atoms. The first-order valence-corrected chi connectivity index (χ1v) is 8.23. The van der Waals surface area contributed by atoms with Crippen molar-refractivity contribution in [1.29, 1.82) is 0 Å². The second-order valence-electron chi connectivity index (χ2n) is 4.69. The third-order valence-corrected chi connectivity index (χ3v) is 3.63. The number of rotatable bonds is 7. The molecule has 112 valence electrons. The minimum absolute atomic E-state index is 0.594. The number of hydrogen-bond acceptors (Lipinski definition) is 6. The predicted molar refractivity (Wildman–Crippen MR) is 90.0 cm³/mol. The third kappa shape index (κ3) is 4.61. The molecule has 1 aromatic heterocycles. The van der Waals surface area contributed by atoms with Gasteiger partial charge in [-0.25, -0.2) is 15.8 Å². The van der Waals surface area contributed by atoms with E-state index in [1.807, 2.05) is 6.26 Å². The molecule has 0 amide bonds. The molecule has 0 saturated carbocycles. The van der Waals surface area contributed by atoms with E-state index < -0.39 is 0 Å². The van der Waals surface area contributed by atoms with Gasteiger partial charge in [-0.2, -0.15) is 0 Å². The molecule has 0 saturated heterocycles. The molecule has 5 nitrogen and oxygen atoms in total. The second-order valence-corrected chi connectivity index (χ2v) is 5.47. The lowest BCUT2D eigenvalue weighted by molar-refractivity contribution is 0.795. The zero-order chi connectivity index (χ0) is 15.1. The standard InChI is InChI=1S/C15H21N5S/c1-3-4-5-11-6-8-12(9-7-11)17-13-10-14(20-16)19-15(18-13)21-2/h6-10H,3-5,16H2,1-2H3,(H2,17,18,19,20). The second kappa shape index (κ2) is 7.85. The minimum Gasteiger partial charge on any atom is -0.340 e. The van der Waals surface area contributed by atoms with Crippen LogP contribution in [-0.2, 0) is 6.42 Å². The molecule has 1 heterocycles. The summed E-state index contributed by atoms with van der Waals surface area (Å²) in [6.07, 6.45) is 5.50. The monoisotopic (exact) mass is 303 g/mol. The van der Waals surface area contributed by atoms with Crippen LogP contribution in [0.25, 0.3) is 0 Å². The van der Waals surface area contributed by atoms with Crippen LogP contribution >= 0.6 is 11.8 Å². The summed E-state index contributed by atoms with van der Waals surface area (Å²) in [6, 6.07) is 10.2. The Morgan fingerprint density at radius 2 is 1.86 bits per heavy atom. The van der Waals surface area contributed by atoms with Crippen molar-refractivity contribution in [2.45, 2.75) is 31.3 Å². The van der Waals surface area contributed by atoms with E-state index in [0.717, 1.165) is 17.9 Å². The van der Waals surface area contributed by atoms with Gasteiger partial charge in [0, 0.05) is 11.8 Å². The first-order valence-electron chi connectivity index (χ1n) is 7.00. The average molecular weight is 303 g/mol. The molecule has 0 aliphatic rings. The van der Waals surface area contributed by atoms with Gasteiger partial charge in [0.25, 0.3) is 0 Å². The number of aromatic nitrogens is 2. The summed E-state index contributed by atoms with van der Waals surface area (Å²) in [5.41, 5.74) is 4.92. The molecule has 0 unspecified atom stereocenters. The molecule has 4 N–H and O–H groups in total. The van der Waals surface area contributed by atoms with Crippen LogP contribution in [0.4, 0.5) is 17.3 Å². The summed E-state index contributed by atoms with van der Waals surface area (Å²) in [5.74, 6) is 6.74. The molecule has 0 bridgehead atoms. The van der Waals surface area contributed by atoms with Gasteiger partial charge in [0.2, 0.25) is 0 Å². The van der Waals surface area contributed by atoms with E-state index in [4.69, 9.17) is 5.84 Å². The summed E-state index contributed by atoms with van der Waals surface area (Å²) in [4.78, 5) is 8.65. The zero-order valence-corrected chi connectivity index (χ0v) is 13.2. The fraction of sp³-hybridized carbons (Fsp3) is 0.333. The van der Waals surface area contributed by atoms with Crippen molar-refractivity contribution in [2.24, 2.45) is 5.84 Å². The van der Waals surface area contributed by atoms with Crippen molar-refractivity contribution in [2.75, 3.05) is 17.0 Å². The number of thioether (sulfide) groups is 1. The van der Waals surface area contributed by atoms with E-state index in [-0.39, 0.29) is 0 Å². The first-order chi connectivity index (χ1) is 10.2. The highest BCUT2D eigenvalue weighted by atomic mass is 32.2. The Kier molecular flexibility index (Phi) is 5.83. The minimum atomic E-state index is 0.594. The third-order valence-electron chi connectivity index (χ3n) is 3.08. The molecule has 0 fully saturated rings. The van der Waals surface area contributed by atoms with Crippen LogP contribution < -0.4 is 16.6 Å². The van der Waals surface area contributed by atoms with Gasteiger partial charge in [0.1, 0.15) is 11.6 Å². The van der Waals surface area contributed by atoms with Crippen LogP contribution in [0.2, 0.25) is 0 Å². The number of nitrogens with zero attached hydrogens (tertiary/aromatic N) is 2. The molecule has 0 aliphatic carbocycles. The van der Waals surface area contributed by atoms with Gasteiger partial charge in [-0.15, -0.1) is 0 Å². The van der Waals surface area contributed by atoms with E-state index in [2.05, 4.69) is 51.9 Å². The summed E-state index contributed by atoms with van der Waals surface area (Å²) in [6.45, 7) is 2.21. The van der Waals surface area contributed by atoms with Crippen molar-refractivity contribution in [3.05, 3.63) is 35.9 Å². The van der Waals surface area contributed by atoms with E-state index in [1.54, 1.807) is 6.07 Å². The van der Waals surface area contributed by atoms with Crippen LogP contribution in [0.5, 0.6) is 0 Å². The molecule has 0 atom stereocenters. The van der Waals surface area contributed by atoms with Crippen molar-refractivity contribution < 1.29 is 0 Å². The smallest absolute Gasteiger partial charge is 0.191 e. The highest BCUT2D eigenvalue weighted by Crippen LogP contribution is 2.21. The summed E-state index contributed by atoms with van der Waals surface area (Å²) in [7, 11) is 0. The highest BCUT2D eigenvalue weighted by molar-refractivity contribution is 7.98. The number of hydrogen-bond donors (Lipinski definition) is 3. The lowest BCUT2D eigenvalue weighted by Crippen LogP contribution is -2.10. The van der Waals surface area contributed by atoms with Gasteiger partial charge >= 0.3 is 0 Å². The van der Waals surface area contributed by atoms with Crippen molar-refractivity contribution >= 4 is 29.1 Å². The molecule has 21 heavy (non-hydrogen) atoms. The van der Waals surface area contributed by atoms with Gasteiger partial charge in [-0.1, -0.05) is 37.2 Å². The Morgan fingerprint density at radius 3 is 2.48 bits per heavy atom. The maximum atomic E-state index is 5.42. The maximum absolute atomic E-state index is 5.42. The Hall–Kier alpha value is -1.79. The molecular weight excluding hydrogens is 282 g/mol. The van der Waals surface area contributed by atoms with Crippen LogP contribution in [0, 0.1) is 0 Å². The lowest BCUT2D eigenvalue weighted by atomic mass is 10.1. The lowest BCUT2D eigenvalue weighted by Gasteiger charge is -2.09. The van der Waals surface area contributed by atoms with E-state index in [0.29, 0.717) is 11.0 Å². The number of anilines is 3. The van der Waals surface area contributed by atoms with Crippen molar-refractivity contribution in [3.63, 3.8) is 0 Å². The number of unbranched alkanes of at least 4 members (excludes halogenated alkanes) is 1. The van der Waals surface area contributed by atoms with E-state index in [1.165, 1.54) is 30.2 Å². The molecular formula is C15H21N5S. The SMILES string of the molecule is CCCCc1ccc(Nc2cc(NN)nc(SC)n2)cc1. The Balaban J connectivity index is 2.10. The van der Waals surface area contributed by atoms with Crippen molar-refractivity contribution in [3.8, 4) is 0 Å². The Bertz CT molecular complexity index is 549. The first kappa shape index (κ1) is 15.6. The average Bonchev–Trinajstić information content (AvgIpc) is 2.53. The largest absolute Gasteiger partial charge is 0.340 e. The zero-order valence-electron chi connectivity index (χ0n) is 12.4. The van der Waals surface area contributed by atoms with E-state index in [9.17, 15) is 0 Å². The maximum Gasteiger partial charge on any atom is 0.191 e. The van der Waals surface area contributed by atoms with Crippen LogP contribution in [-0.4, -0.2) is 16.2 Å². The van der Waals surface area contributed by atoms with Gasteiger partial charge in [0.15, 0.2) is 5.16 Å². The molecule has 2 rings (SSSR count). The van der Waals surface area contributed by atoms with Gasteiger partial charge in [0.05, 0.1) is 0 Å². The van der Waals surface area contributed by atoms with Crippen LogP contribution in [0.15, 0.2) is 35.5 Å². The number of nitrogens with one attached hydrogen (secondary N) is 2. The van der Waals surface area contributed by atoms with Crippen LogP contribution in [0.1, 0.15) is 25.3 Å². The van der Waals surface area contributed by atoms with Gasteiger partial charge in [-0.05, 0) is 36.8 Å². The van der Waals surface area contributed by atoms with Gasteiger partial charge in [-0.3, -0.25) is 0 Å².